The number of rotatable bonds is 6. The summed E-state index contributed by atoms with van der Waals surface area (Å²) in [5.41, 5.74) is 5.25. The third kappa shape index (κ3) is 3.72. The van der Waals surface area contributed by atoms with Crippen LogP contribution in [0.3, 0.4) is 0 Å². The van der Waals surface area contributed by atoms with E-state index in [1.807, 2.05) is 6.92 Å². The molecule has 0 spiro atoms. The third-order valence-electron chi connectivity index (χ3n) is 1.70. The Morgan fingerprint density at radius 1 is 1.44 bits per heavy atom. The van der Waals surface area contributed by atoms with Gasteiger partial charge in [0.15, 0.2) is 0 Å². The highest BCUT2D eigenvalue weighted by atomic mass is 32.2. The van der Waals surface area contributed by atoms with E-state index in [1.54, 1.807) is 0 Å². The smallest absolute Gasteiger partial charge is 0.243 e. The summed E-state index contributed by atoms with van der Waals surface area (Å²) in [6.07, 6.45) is 2.32. The van der Waals surface area contributed by atoms with Gasteiger partial charge in [0.2, 0.25) is 16.0 Å². The van der Waals surface area contributed by atoms with Crippen molar-refractivity contribution in [2.24, 2.45) is 0 Å². The van der Waals surface area contributed by atoms with Gasteiger partial charge in [0.1, 0.15) is 4.90 Å². The zero-order valence-electron chi connectivity index (χ0n) is 8.88. The van der Waals surface area contributed by atoms with Crippen LogP contribution in [0, 0.1) is 0 Å². The van der Waals surface area contributed by atoms with Crippen LogP contribution in [0.1, 0.15) is 6.92 Å². The predicted molar refractivity (Wildman–Crippen MR) is 58.1 cm³/mol. The Balaban J connectivity index is 2.60. The first-order chi connectivity index (χ1) is 7.56. The van der Waals surface area contributed by atoms with Crippen LogP contribution >= 0.6 is 0 Å². The van der Waals surface area contributed by atoms with Crippen LogP contribution in [0.15, 0.2) is 17.3 Å². The van der Waals surface area contributed by atoms with Crippen LogP contribution in [0.25, 0.3) is 0 Å². The molecule has 0 aromatic carbocycles. The number of ether oxygens (including phenoxy) is 1. The van der Waals surface area contributed by atoms with Crippen molar-refractivity contribution in [1.29, 1.82) is 0 Å². The first-order valence-corrected chi connectivity index (χ1v) is 6.19. The first kappa shape index (κ1) is 12.8. The van der Waals surface area contributed by atoms with Crippen molar-refractivity contribution in [1.82, 2.24) is 14.7 Å². The lowest BCUT2D eigenvalue weighted by Gasteiger charge is -2.05. The maximum Gasteiger partial charge on any atom is 0.243 e. The van der Waals surface area contributed by atoms with Gasteiger partial charge in [-0.1, -0.05) is 0 Å². The Kier molecular flexibility index (Phi) is 4.59. The van der Waals surface area contributed by atoms with Crippen molar-refractivity contribution in [3.8, 4) is 0 Å². The van der Waals surface area contributed by atoms with E-state index in [1.165, 1.54) is 0 Å². The van der Waals surface area contributed by atoms with Crippen molar-refractivity contribution in [2.75, 3.05) is 25.5 Å². The molecule has 0 aliphatic rings. The SMILES string of the molecule is CCOCCNS(=O)(=O)c1cnc(N)nc1. The fraction of sp³-hybridized carbons (Fsp3) is 0.500. The van der Waals surface area contributed by atoms with E-state index < -0.39 is 10.0 Å². The molecule has 0 fully saturated rings. The number of nitrogens with two attached hydrogens (primary N) is 1. The number of nitrogens with one attached hydrogen (secondary N) is 1. The van der Waals surface area contributed by atoms with Gasteiger partial charge in [0, 0.05) is 13.2 Å². The van der Waals surface area contributed by atoms with Crippen LogP contribution in [-0.4, -0.2) is 38.1 Å². The molecule has 1 aromatic heterocycles. The molecule has 0 aliphatic carbocycles. The second-order valence-electron chi connectivity index (χ2n) is 2.87. The average molecular weight is 246 g/mol. The molecule has 0 bridgehead atoms. The summed E-state index contributed by atoms with van der Waals surface area (Å²) < 4.78 is 30.6. The second-order valence-corrected chi connectivity index (χ2v) is 4.64. The minimum atomic E-state index is -3.57. The summed E-state index contributed by atoms with van der Waals surface area (Å²) in [6, 6.07) is 0. The van der Waals surface area contributed by atoms with Gasteiger partial charge in [-0.25, -0.2) is 23.1 Å². The summed E-state index contributed by atoms with van der Waals surface area (Å²) >= 11 is 0. The van der Waals surface area contributed by atoms with Crippen LogP contribution in [0.2, 0.25) is 0 Å². The van der Waals surface area contributed by atoms with Gasteiger partial charge in [-0.05, 0) is 6.92 Å². The Hall–Kier alpha value is -1.25. The van der Waals surface area contributed by atoms with E-state index in [-0.39, 0.29) is 17.4 Å². The molecule has 8 heteroatoms. The Morgan fingerprint density at radius 3 is 2.62 bits per heavy atom. The monoisotopic (exact) mass is 246 g/mol. The molecule has 1 heterocycles. The summed E-state index contributed by atoms with van der Waals surface area (Å²) in [5, 5.41) is 0. The van der Waals surface area contributed by atoms with Crippen molar-refractivity contribution < 1.29 is 13.2 Å². The van der Waals surface area contributed by atoms with E-state index in [9.17, 15) is 8.42 Å². The molecule has 3 N–H and O–H groups in total. The maximum absolute atomic E-state index is 11.6. The molecular formula is C8H14N4O3S. The summed E-state index contributed by atoms with van der Waals surface area (Å²) in [7, 11) is -3.57. The van der Waals surface area contributed by atoms with Gasteiger partial charge in [-0.15, -0.1) is 0 Å². The lowest BCUT2D eigenvalue weighted by Crippen LogP contribution is -2.27. The quantitative estimate of drug-likeness (QED) is 0.647. The number of hydrogen-bond donors (Lipinski definition) is 2. The van der Waals surface area contributed by atoms with Crippen molar-refractivity contribution >= 4 is 16.0 Å². The molecule has 7 nitrogen and oxygen atoms in total. The van der Waals surface area contributed by atoms with Crippen LogP contribution in [0.4, 0.5) is 5.95 Å². The predicted octanol–water partition coefficient (Wildman–Crippen LogP) is -0.626. The largest absolute Gasteiger partial charge is 0.380 e. The molecule has 1 rings (SSSR count). The molecule has 16 heavy (non-hydrogen) atoms. The van der Waals surface area contributed by atoms with Gasteiger partial charge in [0.05, 0.1) is 19.0 Å². The van der Waals surface area contributed by atoms with Crippen LogP contribution in [0.5, 0.6) is 0 Å². The van der Waals surface area contributed by atoms with E-state index >= 15 is 0 Å². The molecule has 0 aliphatic heterocycles. The third-order valence-corrected chi connectivity index (χ3v) is 3.12. The number of nitrogens with zero attached hydrogens (tertiary/aromatic N) is 2. The summed E-state index contributed by atoms with van der Waals surface area (Å²) in [6.45, 7) is 2.92. The Labute approximate surface area is 94.1 Å². The van der Waals surface area contributed by atoms with Gasteiger partial charge >= 0.3 is 0 Å². The number of sulfonamides is 1. The lowest BCUT2D eigenvalue weighted by molar-refractivity contribution is 0.153. The number of nitrogen functional groups attached to an aromatic ring is 1. The second kappa shape index (κ2) is 5.73. The highest BCUT2D eigenvalue weighted by Crippen LogP contribution is 2.04. The maximum atomic E-state index is 11.6. The molecule has 1 aromatic rings. The Bertz CT molecular complexity index is 417. The summed E-state index contributed by atoms with van der Waals surface area (Å²) in [4.78, 5) is 7.20. The Morgan fingerprint density at radius 2 is 2.06 bits per heavy atom. The molecule has 90 valence electrons. The van der Waals surface area contributed by atoms with E-state index in [0.29, 0.717) is 13.2 Å². The lowest BCUT2D eigenvalue weighted by atomic mass is 10.7. The zero-order chi connectivity index (χ0) is 12.0. The highest BCUT2D eigenvalue weighted by Gasteiger charge is 2.13. The molecule has 0 radical (unpaired) electrons. The molecule has 0 saturated carbocycles. The molecule has 0 saturated heterocycles. The van der Waals surface area contributed by atoms with Gasteiger partial charge in [-0.3, -0.25) is 0 Å². The van der Waals surface area contributed by atoms with Crippen molar-refractivity contribution in [3.63, 3.8) is 0 Å². The number of anilines is 1. The minimum Gasteiger partial charge on any atom is -0.380 e. The molecule has 0 unspecified atom stereocenters. The summed E-state index contributed by atoms with van der Waals surface area (Å²) in [5.74, 6) is 0.0354. The van der Waals surface area contributed by atoms with Crippen molar-refractivity contribution in [3.05, 3.63) is 12.4 Å². The van der Waals surface area contributed by atoms with E-state index in [4.69, 9.17) is 10.5 Å². The molecule has 0 atom stereocenters. The zero-order valence-corrected chi connectivity index (χ0v) is 9.70. The average Bonchev–Trinajstić information content (AvgIpc) is 2.25. The van der Waals surface area contributed by atoms with Crippen LogP contribution < -0.4 is 10.5 Å². The number of aromatic nitrogens is 2. The fourth-order valence-electron chi connectivity index (χ4n) is 0.941. The van der Waals surface area contributed by atoms with E-state index in [0.717, 1.165) is 12.4 Å². The van der Waals surface area contributed by atoms with Crippen molar-refractivity contribution in [2.45, 2.75) is 11.8 Å². The standard InChI is InChI=1S/C8H14N4O3S/c1-2-15-4-3-12-16(13,14)7-5-10-8(9)11-6-7/h5-6,12H,2-4H2,1H3,(H2,9,10,11). The molecule has 0 amide bonds. The van der Waals surface area contributed by atoms with E-state index in [2.05, 4.69) is 14.7 Å². The van der Waals surface area contributed by atoms with Gasteiger partial charge in [-0.2, -0.15) is 0 Å². The van der Waals surface area contributed by atoms with Gasteiger partial charge < -0.3 is 10.5 Å². The van der Waals surface area contributed by atoms with Crippen LogP contribution in [-0.2, 0) is 14.8 Å². The minimum absolute atomic E-state index is 0.0156. The molecular weight excluding hydrogens is 232 g/mol. The normalized spacial score (nSPS) is 11.6. The topological polar surface area (TPSA) is 107 Å². The first-order valence-electron chi connectivity index (χ1n) is 4.71. The fourth-order valence-corrected chi connectivity index (χ4v) is 1.84. The highest BCUT2D eigenvalue weighted by molar-refractivity contribution is 7.89. The van der Waals surface area contributed by atoms with Gasteiger partial charge in [0.25, 0.3) is 0 Å². The number of hydrogen-bond acceptors (Lipinski definition) is 6.